The van der Waals surface area contributed by atoms with E-state index in [4.69, 9.17) is 4.42 Å². The molecule has 0 aliphatic carbocycles. The number of amides is 2. The number of carbonyl (C=O) groups is 2. The molecule has 12 heteroatoms. The number of anilines is 1. The van der Waals surface area contributed by atoms with Gasteiger partial charge < -0.3 is 14.6 Å². The van der Waals surface area contributed by atoms with Crippen molar-refractivity contribution in [2.75, 3.05) is 18.4 Å². The summed E-state index contributed by atoms with van der Waals surface area (Å²) in [7, 11) is 0. The van der Waals surface area contributed by atoms with Crippen LogP contribution in [0, 0.1) is 5.92 Å². The van der Waals surface area contributed by atoms with Crippen molar-refractivity contribution < 1.29 is 14.0 Å². The molecule has 0 spiro atoms. The first-order chi connectivity index (χ1) is 18.9. The topological polar surface area (TPSA) is 128 Å². The van der Waals surface area contributed by atoms with E-state index in [1.807, 2.05) is 16.9 Å². The third kappa shape index (κ3) is 5.20. The average Bonchev–Trinajstić information content (AvgIpc) is 3.70. The lowest BCUT2D eigenvalue weighted by molar-refractivity contribution is -0.114. The molecule has 1 fully saturated rings. The molecule has 11 nitrogen and oxygen atoms in total. The monoisotopic (exact) mass is 544 g/mol. The van der Waals surface area contributed by atoms with Crippen LogP contribution in [-0.2, 0) is 4.79 Å². The second-order valence-electron chi connectivity index (χ2n) is 9.72. The molecule has 0 radical (unpaired) electrons. The maximum absolute atomic E-state index is 13.4. The Hall–Kier alpha value is -4.29. The van der Waals surface area contributed by atoms with Gasteiger partial charge in [-0.1, -0.05) is 0 Å². The van der Waals surface area contributed by atoms with Gasteiger partial charge in [-0.05, 0) is 78.4 Å². The van der Waals surface area contributed by atoms with E-state index in [9.17, 15) is 9.59 Å². The van der Waals surface area contributed by atoms with E-state index in [1.165, 1.54) is 12.5 Å². The van der Waals surface area contributed by atoms with Crippen molar-refractivity contribution >= 4 is 45.8 Å². The standard InChI is InChI=1S/C27H28N8O3S/c1-16-31-33-35(32-16)25(20-8-12-39-15-20)18-6-10-34(11-7-18)27(37)23-13-19(5-9-28-23)26-30-22-14-21(29-17(2)36)3-4-24(22)38-26/h3-5,8-9,12-15,18,25,33H,6-7,10-11H2,1-2H3,(H,29,36)(H,31,32)/t25-/m0/s1. The number of likely N-dealkylation sites (tertiary alicyclic amines) is 1. The van der Waals surface area contributed by atoms with Crippen LogP contribution < -0.4 is 16.3 Å². The first-order valence-electron chi connectivity index (χ1n) is 12.8. The molecule has 2 amide bonds. The summed E-state index contributed by atoms with van der Waals surface area (Å²) in [5, 5.41) is 13.2. The number of oxazole rings is 1. The summed E-state index contributed by atoms with van der Waals surface area (Å²) >= 11 is 1.68. The minimum absolute atomic E-state index is 0.0986. The molecule has 3 aromatic heterocycles. The minimum atomic E-state index is -0.158. The number of fused-ring (bicyclic) bond motifs is 1. The summed E-state index contributed by atoms with van der Waals surface area (Å²) < 4.78 is 5.92. The molecule has 0 unspecified atom stereocenters. The van der Waals surface area contributed by atoms with Crippen LogP contribution in [0.5, 0.6) is 0 Å². The Bertz CT molecular complexity index is 1540. The highest BCUT2D eigenvalue weighted by Crippen LogP contribution is 2.36. The van der Waals surface area contributed by atoms with Crippen LogP contribution in [0.25, 0.3) is 22.6 Å². The zero-order chi connectivity index (χ0) is 26.9. The third-order valence-corrected chi connectivity index (χ3v) is 7.68. The molecule has 6 rings (SSSR count). The molecule has 1 saturated heterocycles. The van der Waals surface area contributed by atoms with Crippen molar-refractivity contribution in [3.8, 4) is 11.5 Å². The van der Waals surface area contributed by atoms with Crippen molar-refractivity contribution in [3.05, 3.63) is 64.6 Å². The number of nitrogens with zero attached hydrogens (tertiary/aromatic N) is 5. The van der Waals surface area contributed by atoms with E-state index in [0.717, 1.165) is 18.7 Å². The maximum Gasteiger partial charge on any atom is 0.272 e. The van der Waals surface area contributed by atoms with E-state index in [0.29, 0.717) is 52.9 Å². The van der Waals surface area contributed by atoms with Gasteiger partial charge in [-0.15, -0.1) is 10.2 Å². The first-order valence-corrected chi connectivity index (χ1v) is 13.7. The number of aromatic nitrogens is 2. The average molecular weight is 545 g/mol. The van der Waals surface area contributed by atoms with Crippen LogP contribution in [0.1, 0.15) is 48.8 Å². The van der Waals surface area contributed by atoms with E-state index >= 15 is 0 Å². The van der Waals surface area contributed by atoms with E-state index in [1.54, 1.807) is 47.9 Å². The molecular formula is C27H28N8O3S. The van der Waals surface area contributed by atoms with Crippen LogP contribution >= 0.6 is 11.3 Å². The molecule has 200 valence electrons. The summed E-state index contributed by atoms with van der Waals surface area (Å²) in [4.78, 5) is 35.6. The fourth-order valence-electron chi connectivity index (χ4n) is 5.15. The van der Waals surface area contributed by atoms with Gasteiger partial charge in [-0.2, -0.15) is 11.3 Å². The fraction of sp³-hybridized carbons (Fsp3) is 0.296. The quantitative estimate of drug-likeness (QED) is 0.330. The summed E-state index contributed by atoms with van der Waals surface area (Å²) in [6.45, 7) is 4.65. The Labute approximate surface area is 228 Å². The number of thiophene rings is 1. The second kappa shape index (κ2) is 10.5. The second-order valence-corrected chi connectivity index (χ2v) is 10.5. The lowest BCUT2D eigenvalue weighted by atomic mass is 9.86. The molecule has 4 aromatic rings. The predicted octanol–water partition coefficient (Wildman–Crippen LogP) is 4.16. The van der Waals surface area contributed by atoms with Gasteiger partial charge in [0.1, 0.15) is 17.0 Å². The number of hydrazine groups is 2. The minimum Gasteiger partial charge on any atom is -0.436 e. The van der Waals surface area contributed by atoms with E-state index in [2.05, 4.69) is 48.2 Å². The summed E-state index contributed by atoms with van der Waals surface area (Å²) in [6, 6.07) is 11.0. The highest BCUT2D eigenvalue weighted by atomic mass is 32.1. The van der Waals surface area contributed by atoms with Gasteiger partial charge in [0.25, 0.3) is 5.91 Å². The van der Waals surface area contributed by atoms with Gasteiger partial charge in [-0.25, -0.2) is 10.5 Å². The molecule has 1 atom stereocenters. The lowest BCUT2D eigenvalue weighted by Gasteiger charge is -2.38. The summed E-state index contributed by atoms with van der Waals surface area (Å²) in [5.41, 5.74) is 10.5. The molecular weight excluding hydrogens is 516 g/mol. The molecule has 3 N–H and O–H groups in total. The van der Waals surface area contributed by atoms with Crippen molar-refractivity contribution in [1.82, 2.24) is 30.9 Å². The number of pyridine rings is 1. The largest absolute Gasteiger partial charge is 0.436 e. The maximum atomic E-state index is 13.4. The SMILES string of the molecule is CC(=O)Nc1ccc2oc(-c3ccnc(C(=O)N4CCC([C@@H](c5ccsc5)N5NN=C(C)N5)CC4)c3)nc2c1. The van der Waals surface area contributed by atoms with Gasteiger partial charge in [-0.3, -0.25) is 20.0 Å². The van der Waals surface area contributed by atoms with Gasteiger partial charge >= 0.3 is 0 Å². The number of rotatable bonds is 6. The van der Waals surface area contributed by atoms with Crippen LogP contribution in [0.2, 0.25) is 0 Å². The van der Waals surface area contributed by atoms with E-state index in [-0.39, 0.29) is 17.9 Å². The number of hydrogen-bond donors (Lipinski definition) is 3. The number of piperidine rings is 1. The van der Waals surface area contributed by atoms with Crippen molar-refractivity contribution in [2.24, 2.45) is 11.0 Å². The van der Waals surface area contributed by atoms with Crippen LogP contribution in [0.3, 0.4) is 0 Å². The lowest BCUT2D eigenvalue weighted by Crippen LogP contribution is -2.49. The smallest absolute Gasteiger partial charge is 0.272 e. The number of benzene rings is 1. The molecule has 2 aliphatic heterocycles. The molecule has 0 bridgehead atoms. The molecule has 39 heavy (non-hydrogen) atoms. The Morgan fingerprint density at radius 1 is 1.18 bits per heavy atom. The first kappa shape index (κ1) is 25.0. The van der Waals surface area contributed by atoms with Crippen molar-refractivity contribution in [2.45, 2.75) is 32.7 Å². The predicted molar refractivity (Wildman–Crippen MR) is 148 cm³/mol. The number of nitrogens with one attached hydrogen (secondary N) is 3. The van der Waals surface area contributed by atoms with Gasteiger partial charge in [0.2, 0.25) is 11.8 Å². The van der Waals surface area contributed by atoms with Gasteiger partial charge in [0.05, 0.1) is 6.04 Å². The Balaban J connectivity index is 1.15. The summed E-state index contributed by atoms with van der Waals surface area (Å²) in [5.74, 6) is 1.28. The molecule has 5 heterocycles. The fourth-order valence-corrected chi connectivity index (χ4v) is 5.84. The highest BCUT2D eigenvalue weighted by molar-refractivity contribution is 7.08. The Morgan fingerprint density at radius 2 is 2.03 bits per heavy atom. The Morgan fingerprint density at radius 3 is 2.74 bits per heavy atom. The highest BCUT2D eigenvalue weighted by Gasteiger charge is 2.35. The van der Waals surface area contributed by atoms with Crippen LogP contribution in [-0.4, -0.2) is 50.7 Å². The van der Waals surface area contributed by atoms with Gasteiger partial charge in [0, 0.05) is 37.5 Å². The van der Waals surface area contributed by atoms with Crippen molar-refractivity contribution in [1.29, 1.82) is 0 Å². The number of hydrazone groups is 1. The normalized spacial score (nSPS) is 17.0. The Kier molecular flexibility index (Phi) is 6.71. The van der Waals surface area contributed by atoms with Crippen molar-refractivity contribution in [3.63, 3.8) is 0 Å². The number of hydrogen-bond acceptors (Lipinski definition) is 10. The third-order valence-electron chi connectivity index (χ3n) is 6.98. The summed E-state index contributed by atoms with van der Waals surface area (Å²) in [6.07, 6.45) is 3.31. The zero-order valence-electron chi connectivity index (χ0n) is 21.5. The van der Waals surface area contributed by atoms with Gasteiger partial charge in [0.15, 0.2) is 5.58 Å². The molecule has 2 aliphatic rings. The molecule has 0 saturated carbocycles. The van der Waals surface area contributed by atoms with E-state index < -0.39 is 0 Å². The zero-order valence-corrected chi connectivity index (χ0v) is 22.4. The van der Waals surface area contributed by atoms with Crippen LogP contribution in [0.15, 0.2) is 62.9 Å². The molecule has 1 aromatic carbocycles. The number of carbonyl (C=O) groups excluding carboxylic acids is 2. The number of amidine groups is 1. The van der Waals surface area contributed by atoms with Crippen LogP contribution in [0.4, 0.5) is 5.69 Å².